The maximum Gasteiger partial charge on any atom is 0.226 e. The predicted octanol–water partition coefficient (Wildman–Crippen LogP) is 4.06. The molecule has 2 aromatic rings. The zero-order valence-corrected chi connectivity index (χ0v) is 13.2. The molecule has 0 aliphatic rings. The molecule has 2 rings (SSSR count). The molecule has 0 aliphatic heterocycles. The molecule has 4 heteroatoms. The second-order valence-electron chi connectivity index (χ2n) is 5.24. The van der Waals surface area contributed by atoms with Gasteiger partial charge in [-0.2, -0.15) is 4.98 Å². The van der Waals surface area contributed by atoms with E-state index in [1.54, 1.807) is 0 Å². The van der Waals surface area contributed by atoms with Gasteiger partial charge >= 0.3 is 0 Å². The van der Waals surface area contributed by atoms with Crippen LogP contribution in [0, 0.1) is 13.8 Å². The lowest BCUT2D eigenvalue weighted by Gasteiger charge is -2.17. The summed E-state index contributed by atoms with van der Waals surface area (Å²) in [4.78, 5) is 8.86. The van der Waals surface area contributed by atoms with Gasteiger partial charge in [-0.3, -0.25) is 0 Å². The summed E-state index contributed by atoms with van der Waals surface area (Å²) in [6, 6.07) is 10.3. The zero-order valence-electron chi connectivity index (χ0n) is 13.2. The van der Waals surface area contributed by atoms with Crippen molar-refractivity contribution < 1.29 is 4.74 Å². The molecule has 0 spiro atoms. The Morgan fingerprint density at radius 2 is 1.95 bits per heavy atom. The van der Waals surface area contributed by atoms with Crippen LogP contribution in [0.3, 0.4) is 0 Å². The summed E-state index contributed by atoms with van der Waals surface area (Å²) in [5.41, 5.74) is 3.40. The Hall–Kier alpha value is -2.10. The van der Waals surface area contributed by atoms with E-state index in [4.69, 9.17) is 4.74 Å². The van der Waals surface area contributed by atoms with E-state index in [0.717, 1.165) is 12.1 Å². The third kappa shape index (κ3) is 4.18. The number of aromatic nitrogens is 2. The third-order valence-electron chi connectivity index (χ3n) is 3.29. The number of aryl methyl sites for hydroxylation is 2. The van der Waals surface area contributed by atoms with Gasteiger partial charge in [-0.1, -0.05) is 31.2 Å². The summed E-state index contributed by atoms with van der Waals surface area (Å²) in [5, 5.41) is 3.35. The van der Waals surface area contributed by atoms with E-state index in [2.05, 4.69) is 48.2 Å². The first-order chi connectivity index (χ1) is 10.1. The van der Waals surface area contributed by atoms with E-state index >= 15 is 0 Å². The monoisotopic (exact) mass is 285 g/mol. The highest BCUT2D eigenvalue weighted by molar-refractivity contribution is 5.37. The highest BCUT2D eigenvalue weighted by Gasteiger charge is 2.10. The molecule has 1 heterocycles. The fraction of sp³-hybridized carbons (Fsp3) is 0.412. The molecular weight excluding hydrogens is 262 g/mol. The van der Waals surface area contributed by atoms with Crippen molar-refractivity contribution in [2.24, 2.45) is 0 Å². The second-order valence-corrected chi connectivity index (χ2v) is 5.24. The topological polar surface area (TPSA) is 47.0 Å². The summed E-state index contributed by atoms with van der Waals surface area (Å²) in [6.07, 6.45) is 0.964. The van der Waals surface area contributed by atoms with E-state index in [0.29, 0.717) is 18.4 Å². The number of ether oxygens (including phenoxy) is 1. The molecule has 0 amide bonds. The summed E-state index contributed by atoms with van der Waals surface area (Å²) < 4.78 is 5.60. The summed E-state index contributed by atoms with van der Waals surface area (Å²) in [6.45, 7) is 8.92. The molecule has 0 bridgehead atoms. The number of hydrogen-bond donors (Lipinski definition) is 1. The lowest BCUT2D eigenvalue weighted by Crippen LogP contribution is -2.12. The van der Waals surface area contributed by atoms with E-state index in [1.807, 2.05) is 25.1 Å². The van der Waals surface area contributed by atoms with Gasteiger partial charge in [-0.15, -0.1) is 0 Å². The summed E-state index contributed by atoms with van der Waals surface area (Å²) in [5.74, 6) is 1.24. The van der Waals surface area contributed by atoms with Crippen molar-refractivity contribution in [3.8, 4) is 5.88 Å². The van der Waals surface area contributed by atoms with E-state index in [9.17, 15) is 0 Å². The first-order valence-electron chi connectivity index (χ1n) is 7.40. The smallest absolute Gasteiger partial charge is 0.226 e. The van der Waals surface area contributed by atoms with Crippen molar-refractivity contribution in [3.05, 3.63) is 47.2 Å². The van der Waals surface area contributed by atoms with Crippen LogP contribution in [-0.4, -0.2) is 16.6 Å². The van der Waals surface area contributed by atoms with Crippen molar-refractivity contribution in [1.82, 2.24) is 9.97 Å². The molecule has 4 nitrogen and oxygen atoms in total. The van der Waals surface area contributed by atoms with Crippen LogP contribution in [0.2, 0.25) is 0 Å². The van der Waals surface area contributed by atoms with Gasteiger partial charge in [0.1, 0.15) is 0 Å². The van der Waals surface area contributed by atoms with Crippen molar-refractivity contribution in [2.45, 2.75) is 40.2 Å². The van der Waals surface area contributed by atoms with Crippen molar-refractivity contribution >= 4 is 5.95 Å². The molecule has 112 valence electrons. The molecule has 1 unspecified atom stereocenters. The van der Waals surface area contributed by atoms with Gasteiger partial charge < -0.3 is 10.1 Å². The molecule has 1 N–H and O–H groups in total. The average Bonchev–Trinajstić information content (AvgIpc) is 2.45. The first kappa shape index (κ1) is 15.3. The molecule has 21 heavy (non-hydrogen) atoms. The normalized spacial score (nSPS) is 12.0. The summed E-state index contributed by atoms with van der Waals surface area (Å²) in [7, 11) is 0. The van der Waals surface area contributed by atoms with E-state index < -0.39 is 0 Å². The van der Waals surface area contributed by atoms with Gasteiger partial charge in [-0.05, 0) is 38.3 Å². The van der Waals surface area contributed by atoms with Crippen LogP contribution in [0.25, 0.3) is 0 Å². The third-order valence-corrected chi connectivity index (χ3v) is 3.29. The van der Waals surface area contributed by atoms with Crippen LogP contribution < -0.4 is 10.1 Å². The van der Waals surface area contributed by atoms with Crippen LogP contribution in [0.5, 0.6) is 5.88 Å². The molecule has 0 fully saturated rings. The summed E-state index contributed by atoms with van der Waals surface area (Å²) >= 11 is 0. The van der Waals surface area contributed by atoms with Gasteiger partial charge in [0.15, 0.2) is 0 Å². The maximum absolute atomic E-state index is 5.60. The first-order valence-corrected chi connectivity index (χ1v) is 7.40. The van der Waals surface area contributed by atoms with Crippen LogP contribution in [0.15, 0.2) is 30.3 Å². The Labute approximate surface area is 126 Å². The fourth-order valence-electron chi connectivity index (χ4n) is 2.23. The van der Waals surface area contributed by atoms with Gasteiger partial charge in [0.2, 0.25) is 11.8 Å². The molecule has 0 saturated carbocycles. The maximum atomic E-state index is 5.60. The van der Waals surface area contributed by atoms with Crippen LogP contribution in [0.4, 0.5) is 5.95 Å². The van der Waals surface area contributed by atoms with Gasteiger partial charge in [0.05, 0.1) is 12.6 Å². The van der Waals surface area contributed by atoms with Crippen LogP contribution in [-0.2, 0) is 0 Å². The number of nitrogens with zero attached hydrogens (tertiary/aromatic N) is 2. The number of nitrogens with one attached hydrogen (secondary N) is 1. The number of anilines is 1. The van der Waals surface area contributed by atoms with Gasteiger partial charge in [0.25, 0.3) is 0 Å². The van der Waals surface area contributed by atoms with Crippen LogP contribution >= 0.6 is 0 Å². The van der Waals surface area contributed by atoms with Crippen molar-refractivity contribution in [3.63, 3.8) is 0 Å². The second kappa shape index (κ2) is 7.07. The minimum atomic E-state index is 0.145. The highest BCUT2D eigenvalue weighted by Crippen LogP contribution is 2.21. The fourth-order valence-corrected chi connectivity index (χ4v) is 2.23. The van der Waals surface area contributed by atoms with E-state index in [1.165, 1.54) is 11.1 Å². The van der Waals surface area contributed by atoms with Gasteiger partial charge in [0, 0.05) is 11.8 Å². The Balaban J connectivity index is 2.15. The quantitative estimate of drug-likeness (QED) is 0.869. The molecule has 0 radical (unpaired) electrons. The number of rotatable bonds is 6. The van der Waals surface area contributed by atoms with Gasteiger partial charge in [-0.25, -0.2) is 4.98 Å². The zero-order chi connectivity index (χ0) is 15.2. The molecule has 0 saturated heterocycles. The lowest BCUT2D eigenvalue weighted by molar-refractivity contribution is 0.305. The van der Waals surface area contributed by atoms with E-state index in [-0.39, 0.29) is 6.04 Å². The molecular formula is C17H23N3O. The van der Waals surface area contributed by atoms with Crippen molar-refractivity contribution in [1.29, 1.82) is 0 Å². The standard InChI is InChI=1S/C17H23N3O/c1-5-10-21-16-11-13(3)18-17(20-16)19-14(4)15-9-7-6-8-12(15)2/h6-9,11,14H,5,10H2,1-4H3,(H,18,19,20). The molecule has 1 aromatic carbocycles. The molecule has 0 aliphatic carbocycles. The largest absolute Gasteiger partial charge is 0.478 e. The Bertz CT molecular complexity index is 598. The Morgan fingerprint density at radius 1 is 1.19 bits per heavy atom. The Morgan fingerprint density at radius 3 is 2.67 bits per heavy atom. The SMILES string of the molecule is CCCOc1cc(C)nc(NC(C)c2ccccc2C)n1. The van der Waals surface area contributed by atoms with Crippen molar-refractivity contribution in [2.75, 3.05) is 11.9 Å². The highest BCUT2D eigenvalue weighted by atomic mass is 16.5. The minimum Gasteiger partial charge on any atom is -0.478 e. The average molecular weight is 285 g/mol. The molecule has 1 atom stereocenters. The minimum absolute atomic E-state index is 0.145. The Kier molecular flexibility index (Phi) is 5.14. The lowest BCUT2D eigenvalue weighted by atomic mass is 10.0. The predicted molar refractivity (Wildman–Crippen MR) is 85.8 cm³/mol. The van der Waals surface area contributed by atoms with Crippen LogP contribution in [0.1, 0.15) is 43.1 Å². The number of benzene rings is 1. The number of hydrogen-bond acceptors (Lipinski definition) is 4. The molecule has 1 aromatic heterocycles.